The quantitative estimate of drug-likeness (QED) is 0.661. The summed E-state index contributed by atoms with van der Waals surface area (Å²) < 4.78 is 39.2. The van der Waals surface area contributed by atoms with E-state index in [2.05, 4.69) is 10.6 Å². The molecule has 2 aromatic rings. The highest BCUT2D eigenvalue weighted by Gasteiger charge is 2.47. The molecule has 180 valence electrons. The molecule has 0 saturated carbocycles. The fraction of sp³-hybridized carbons (Fsp3) is 0.348. The first-order chi connectivity index (χ1) is 16.1. The zero-order valence-corrected chi connectivity index (χ0v) is 18.7. The number of rotatable bonds is 5. The van der Waals surface area contributed by atoms with E-state index < -0.39 is 42.3 Å². The summed E-state index contributed by atoms with van der Waals surface area (Å²) >= 11 is 5.98. The van der Waals surface area contributed by atoms with E-state index in [-0.39, 0.29) is 23.2 Å². The lowest BCUT2D eigenvalue weighted by Gasteiger charge is -2.46. The third kappa shape index (κ3) is 5.02. The molecule has 0 radical (unpaired) electrons. The van der Waals surface area contributed by atoms with Crippen LogP contribution in [0.25, 0.3) is 0 Å². The zero-order chi connectivity index (χ0) is 24.5. The molecule has 11 heteroatoms. The Kier molecular flexibility index (Phi) is 6.81. The van der Waals surface area contributed by atoms with Crippen LogP contribution in [0.1, 0.15) is 24.0 Å². The van der Waals surface area contributed by atoms with Crippen molar-refractivity contribution >= 4 is 35.1 Å². The Hall–Kier alpha value is -3.11. The lowest BCUT2D eigenvalue weighted by atomic mass is 9.93. The minimum Gasteiger partial charge on any atom is -0.323 e. The second-order valence-corrected chi connectivity index (χ2v) is 8.61. The number of urea groups is 1. The molecule has 2 N–H and O–H groups in total. The molecule has 2 saturated heterocycles. The van der Waals surface area contributed by atoms with Gasteiger partial charge in [-0.25, -0.2) is 4.79 Å². The van der Waals surface area contributed by atoms with Gasteiger partial charge in [-0.1, -0.05) is 41.9 Å². The van der Waals surface area contributed by atoms with Gasteiger partial charge in [0.2, 0.25) is 11.8 Å². The topological polar surface area (TPSA) is 81.8 Å². The van der Waals surface area contributed by atoms with Crippen molar-refractivity contribution in [3.8, 4) is 0 Å². The summed E-state index contributed by atoms with van der Waals surface area (Å²) in [5.41, 5.74) is -0.419. The molecule has 2 fully saturated rings. The minimum absolute atomic E-state index is 0.0426. The summed E-state index contributed by atoms with van der Waals surface area (Å²) in [6.07, 6.45) is -3.38. The molecule has 0 aliphatic carbocycles. The summed E-state index contributed by atoms with van der Waals surface area (Å²) in [6, 6.07) is 9.76. The average Bonchev–Trinajstić information content (AvgIpc) is 2.81. The third-order valence-electron chi connectivity index (χ3n) is 5.90. The maximum atomic E-state index is 13.3. The van der Waals surface area contributed by atoms with Gasteiger partial charge in [0.15, 0.2) is 0 Å². The molecule has 0 bridgehead atoms. The average molecular weight is 495 g/mol. The first-order valence-electron chi connectivity index (χ1n) is 10.7. The van der Waals surface area contributed by atoms with Gasteiger partial charge >= 0.3 is 12.2 Å². The van der Waals surface area contributed by atoms with Crippen molar-refractivity contribution in [2.75, 3.05) is 18.4 Å². The van der Waals surface area contributed by atoms with Crippen LogP contribution in [0, 0.1) is 0 Å². The number of fused-ring (bicyclic) bond motifs is 1. The Balaban J connectivity index is 1.55. The molecule has 4 rings (SSSR count). The van der Waals surface area contributed by atoms with Gasteiger partial charge in [0.05, 0.1) is 28.9 Å². The van der Waals surface area contributed by atoms with Crippen LogP contribution in [0.4, 0.5) is 23.7 Å². The van der Waals surface area contributed by atoms with Crippen LogP contribution >= 0.6 is 11.6 Å². The number of hydrogen-bond donors (Lipinski definition) is 2. The van der Waals surface area contributed by atoms with Crippen LogP contribution < -0.4 is 10.6 Å². The molecule has 2 aromatic carbocycles. The van der Waals surface area contributed by atoms with Crippen molar-refractivity contribution in [2.45, 2.75) is 37.6 Å². The van der Waals surface area contributed by atoms with E-state index >= 15 is 0 Å². The number of anilines is 1. The Bertz CT molecular complexity index is 1100. The molecule has 2 aliphatic rings. The van der Waals surface area contributed by atoms with E-state index in [1.807, 2.05) is 6.07 Å². The number of carbonyl (C=O) groups excluding carboxylic acids is 3. The predicted octanol–water partition coefficient (Wildman–Crippen LogP) is 3.88. The number of carbonyl (C=O) groups is 3. The molecule has 34 heavy (non-hydrogen) atoms. The largest absolute Gasteiger partial charge is 0.416 e. The van der Waals surface area contributed by atoms with E-state index in [9.17, 15) is 27.6 Å². The maximum Gasteiger partial charge on any atom is 0.416 e. The Morgan fingerprint density at radius 1 is 1.15 bits per heavy atom. The fourth-order valence-electron chi connectivity index (χ4n) is 4.26. The van der Waals surface area contributed by atoms with E-state index in [0.29, 0.717) is 19.4 Å². The van der Waals surface area contributed by atoms with Gasteiger partial charge in [-0.15, -0.1) is 0 Å². The number of benzene rings is 2. The molecule has 0 spiro atoms. The number of nitrogens with one attached hydrogen (secondary N) is 2. The Morgan fingerprint density at radius 3 is 2.59 bits per heavy atom. The van der Waals surface area contributed by atoms with Gasteiger partial charge in [-0.05, 0) is 43.1 Å². The van der Waals surface area contributed by atoms with Gasteiger partial charge < -0.3 is 15.5 Å². The number of imide groups is 1. The number of amides is 4. The van der Waals surface area contributed by atoms with Crippen molar-refractivity contribution in [3.63, 3.8) is 0 Å². The Labute approximate surface area is 198 Å². The summed E-state index contributed by atoms with van der Waals surface area (Å²) in [6.45, 7) is 0.202. The van der Waals surface area contributed by atoms with Gasteiger partial charge in [0.25, 0.3) is 0 Å². The van der Waals surface area contributed by atoms with Crippen LogP contribution in [-0.2, 0) is 22.3 Å². The van der Waals surface area contributed by atoms with Crippen molar-refractivity contribution in [1.29, 1.82) is 0 Å². The van der Waals surface area contributed by atoms with Gasteiger partial charge in [-0.3, -0.25) is 14.5 Å². The smallest absolute Gasteiger partial charge is 0.323 e. The van der Waals surface area contributed by atoms with E-state index in [1.54, 1.807) is 24.3 Å². The van der Waals surface area contributed by atoms with Crippen molar-refractivity contribution in [3.05, 3.63) is 64.7 Å². The Morgan fingerprint density at radius 2 is 1.88 bits per heavy atom. The summed E-state index contributed by atoms with van der Waals surface area (Å²) in [7, 11) is 0. The maximum absolute atomic E-state index is 13.3. The highest BCUT2D eigenvalue weighted by molar-refractivity contribution is 6.33. The second kappa shape index (κ2) is 9.63. The SMILES string of the molecule is O=C(CN1C(=O)N(Cc2ccccc2)C(=O)C2NCCCC21)Nc1cc(C(F)(F)F)ccc1Cl. The minimum atomic E-state index is -4.60. The first kappa shape index (κ1) is 24.0. The van der Waals surface area contributed by atoms with Crippen molar-refractivity contribution in [1.82, 2.24) is 15.1 Å². The molecule has 0 aromatic heterocycles. The summed E-state index contributed by atoms with van der Waals surface area (Å²) in [5, 5.41) is 5.44. The van der Waals surface area contributed by atoms with Gasteiger partial charge in [0.1, 0.15) is 12.6 Å². The first-order valence-corrected chi connectivity index (χ1v) is 11.1. The molecular weight excluding hydrogens is 473 g/mol. The fourth-order valence-corrected chi connectivity index (χ4v) is 4.42. The van der Waals surface area contributed by atoms with Gasteiger partial charge in [0, 0.05) is 0 Å². The number of hydrogen-bond acceptors (Lipinski definition) is 4. The van der Waals surface area contributed by atoms with Crippen LogP contribution in [0.5, 0.6) is 0 Å². The highest BCUT2D eigenvalue weighted by atomic mass is 35.5. The molecule has 2 atom stereocenters. The number of piperidine rings is 1. The van der Waals surface area contributed by atoms with E-state index in [1.165, 1.54) is 4.90 Å². The van der Waals surface area contributed by atoms with Crippen molar-refractivity contribution < 1.29 is 27.6 Å². The molecule has 2 aliphatic heterocycles. The van der Waals surface area contributed by atoms with E-state index in [0.717, 1.165) is 28.7 Å². The van der Waals surface area contributed by atoms with Crippen LogP contribution in [0.15, 0.2) is 48.5 Å². The van der Waals surface area contributed by atoms with Crippen molar-refractivity contribution in [2.24, 2.45) is 0 Å². The second-order valence-electron chi connectivity index (χ2n) is 8.20. The molecular formula is C23H22ClF3N4O3. The number of nitrogens with zero attached hydrogens (tertiary/aromatic N) is 2. The zero-order valence-electron chi connectivity index (χ0n) is 17.9. The van der Waals surface area contributed by atoms with Crippen LogP contribution in [0.3, 0.4) is 0 Å². The summed E-state index contributed by atoms with van der Waals surface area (Å²) in [4.78, 5) is 41.5. The summed E-state index contributed by atoms with van der Waals surface area (Å²) in [5.74, 6) is -1.08. The molecule has 7 nitrogen and oxygen atoms in total. The normalized spacial score (nSPS) is 20.8. The lowest BCUT2D eigenvalue weighted by Crippen LogP contribution is -2.70. The number of halogens is 4. The van der Waals surface area contributed by atoms with Crippen LogP contribution in [0.2, 0.25) is 5.02 Å². The monoisotopic (exact) mass is 494 g/mol. The lowest BCUT2D eigenvalue weighted by molar-refractivity contribution is -0.138. The van der Waals surface area contributed by atoms with Crippen LogP contribution in [-0.4, -0.2) is 52.8 Å². The third-order valence-corrected chi connectivity index (χ3v) is 6.23. The van der Waals surface area contributed by atoms with E-state index in [4.69, 9.17) is 11.6 Å². The molecule has 4 amide bonds. The standard InChI is InChI=1S/C23H22ClF3N4O3/c24-16-9-8-15(23(25,26)27)11-17(16)29-19(32)13-30-18-7-4-10-28-20(18)21(33)31(22(30)34)12-14-5-2-1-3-6-14/h1-3,5-6,8-9,11,18,20,28H,4,7,10,12-13H2,(H,29,32). The van der Waals surface area contributed by atoms with Gasteiger partial charge in [-0.2, -0.15) is 13.2 Å². The highest BCUT2D eigenvalue weighted by Crippen LogP contribution is 2.34. The molecule has 2 heterocycles. The number of alkyl halides is 3. The predicted molar refractivity (Wildman–Crippen MR) is 119 cm³/mol. The molecule has 2 unspecified atom stereocenters.